The van der Waals surface area contributed by atoms with E-state index < -0.39 is 11.9 Å². The second-order valence-electron chi connectivity index (χ2n) is 2.62. The van der Waals surface area contributed by atoms with Crippen LogP contribution in [0.2, 0.25) is 0 Å². The monoisotopic (exact) mass is 217 g/mol. The van der Waals surface area contributed by atoms with Gasteiger partial charge in [-0.2, -0.15) is 0 Å². The molecule has 0 aliphatic rings. The number of carbonyl (C=O) groups excluding carboxylic acids is 3. The first-order valence-corrected chi connectivity index (χ1v) is 4.33. The Labute approximate surface area is 86.7 Å². The Balaban J connectivity index is 3.41. The fraction of sp³-hybridized carbons (Fsp3) is 0.571. The summed E-state index contributed by atoms with van der Waals surface area (Å²) >= 11 is 0. The molecule has 8 nitrogen and oxygen atoms in total. The summed E-state index contributed by atoms with van der Waals surface area (Å²) in [6.07, 6.45) is 0. The Morgan fingerprint density at radius 3 is 2.07 bits per heavy atom. The molecular formula is C7H15N5O3. The van der Waals surface area contributed by atoms with Crippen molar-refractivity contribution in [1.29, 1.82) is 0 Å². The van der Waals surface area contributed by atoms with Crippen LogP contribution in [0.3, 0.4) is 0 Å². The molecule has 86 valence electrons. The molecule has 0 heterocycles. The molecule has 0 saturated heterocycles. The van der Waals surface area contributed by atoms with E-state index in [0.29, 0.717) is 0 Å². The molecule has 0 radical (unpaired) electrons. The minimum Gasteiger partial charge on any atom is -0.353 e. The first kappa shape index (κ1) is 13.2. The van der Waals surface area contributed by atoms with Gasteiger partial charge in [0.2, 0.25) is 11.8 Å². The number of nitrogens with two attached hydrogens (primary N) is 2. The third-order valence-electron chi connectivity index (χ3n) is 1.38. The Kier molecular flexibility index (Phi) is 6.64. The molecule has 0 fully saturated rings. The van der Waals surface area contributed by atoms with Gasteiger partial charge in [0, 0.05) is 13.1 Å². The van der Waals surface area contributed by atoms with Gasteiger partial charge in [-0.15, -0.1) is 0 Å². The Morgan fingerprint density at radius 1 is 0.933 bits per heavy atom. The first-order chi connectivity index (χ1) is 7.06. The predicted octanol–water partition coefficient (Wildman–Crippen LogP) is -3.15. The van der Waals surface area contributed by atoms with Crippen LogP contribution in [0.25, 0.3) is 0 Å². The number of hydrogen-bond acceptors (Lipinski definition) is 4. The number of amides is 4. The molecule has 0 spiro atoms. The van der Waals surface area contributed by atoms with E-state index in [4.69, 9.17) is 11.5 Å². The molecule has 0 aromatic rings. The number of rotatable bonds is 6. The van der Waals surface area contributed by atoms with Crippen LogP contribution in [0.15, 0.2) is 0 Å². The summed E-state index contributed by atoms with van der Waals surface area (Å²) < 4.78 is 0. The molecule has 0 bridgehead atoms. The minimum atomic E-state index is -0.652. The molecule has 0 aliphatic carbocycles. The third kappa shape index (κ3) is 8.50. The second-order valence-corrected chi connectivity index (χ2v) is 2.62. The van der Waals surface area contributed by atoms with Gasteiger partial charge in [0.15, 0.2) is 0 Å². The summed E-state index contributed by atoms with van der Waals surface area (Å²) in [5.41, 5.74) is 9.80. The summed E-state index contributed by atoms with van der Waals surface area (Å²) in [5, 5.41) is 7.04. The van der Waals surface area contributed by atoms with E-state index in [1.165, 1.54) is 0 Å². The highest BCUT2D eigenvalue weighted by Gasteiger charge is 2.02. The SMILES string of the molecule is NCC(=O)NCC(=O)NCCNC(N)=O. The molecule has 7 N–H and O–H groups in total. The molecule has 0 aliphatic heterocycles. The van der Waals surface area contributed by atoms with Crippen molar-refractivity contribution >= 4 is 17.8 Å². The van der Waals surface area contributed by atoms with E-state index in [1.807, 2.05) is 0 Å². The maximum atomic E-state index is 11.0. The highest BCUT2D eigenvalue weighted by atomic mass is 16.2. The topological polar surface area (TPSA) is 139 Å². The number of hydrogen-bond donors (Lipinski definition) is 5. The smallest absolute Gasteiger partial charge is 0.312 e. The summed E-state index contributed by atoms with van der Waals surface area (Å²) in [6, 6.07) is -0.652. The van der Waals surface area contributed by atoms with Crippen molar-refractivity contribution in [3.8, 4) is 0 Å². The standard InChI is InChI=1S/C7H15N5O3/c8-3-5(13)12-4-6(14)10-1-2-11-7(9)15/h1-4,8H2,(H,10,14)(H,12,13)(H3,9,11,15). The lowest BCUT2D eigenvalue weighted by Gasteiger charge is -2.06. The molecule has 0 rings (SSSR count). The Hall–Kier alpha value is -1.83. The molecule has 15 heavy (non-hydrogen) atoms. The fourth-order valence-corrected chi connectivity index (χ4v) is 0.701. The quantitative estimate of drug-likeness (QED) is 0.300. The van der Waals surface area contributed by atoms with Crippen molar-refractivity contribution in [1.82, 2.24) is 16.0 Å². The molecular weight excluding hydrogens is 202 g/mol. The van der Waals surface area contributed by atoms with Gasteiger partial charge in [-0.25, -0.2) is 4.79 Å². The lowest BCUT2D eigenvalue weighted by Crippen LogP contribution is -2.42. The molecule has 0 aromatic heterocycles. The van der Waals surface area contributed by atoms with Crippen LogP contribution in [0.5, 0.6) is 0 Å². The predicted molar refractivity (Wildman–Crippen MR) is 52.7 cm³/mol. The van der Waals surface area contributed by atoms with Crippen molar-refractivity contribution in [2.24, 2.45) is 11.5 Å². The number of carbonyl (C=O) groups is 3. The maximum Gasteiger partial charge on any atom is 0.312 e. The summed E-state index contributed by atoms with van der Waals surface area (Å²) in [7, 11) is 0. The van der Waals surface area contributed by atoms with Gasteiger partial charge >= 0.3 is 6.03 Å². The minimum absolute atomic E-state index is 0.132. The molecule has 8 heteroatoms. The zero-order valence-corrected chi connectivity index (χ0v) is 8.21. The number of primary amides is 1. The van der Waals surface area contributed by atoms with Crippen LogP contribution in [-0.4, -0.2) is 44.0 Å². The van der Waals surface area contributed by atoms with Crippen LogP contribution in [0, 0.1) is 0 Å². The van der Waals surface area contributed by atoms with Gasteiger partial charge in [0.1, 0.15) is 0 Å². The Morgan fingerprint density at radius 2 is 1.53 bits per heavy atom. The Bertz CT molecular complexity index is 243. The molecule has 0 unspecified atom stereocenters. The van der Waals surface area contributed by atoms with Crippen molar-refractivity contribution in [2.45, 2.75) is 0 Å². The number of urea groups is 1. The van der Waals surface area contributed by atoms with Gasteiger partial charge in [-0.3, -0.25) is 9.59 Å². The van der Waals surface area contributed by atoms with Gasteiger partial charge in [-0.1, -0.05) is 0 Å². The highest BCUT2D eigenvalue weighted by Crippen LogP contribution is 1.66. The summed E-state index contributed by atoms with van der Waals surface area (Å²) in [6.45, 7) is 0.204. The second kappa shape index (κ2) is 7.56. The lowest BCUT2D eigenvalue weighted by atomic mass is 10.5. The maximum absolute atomic E-state index is 11.0. The van der Waals surface area contributed by atoms with Crippen molar-refractivity contribution in [3.63, 3.8) is 0 Å². The zero-order valence-electron chi connectivity index (χ0n) is 8.21. The highest BCUT2D eigenvalue weighted by molar-refractivity contribution is 5.85. The van der Waals surface area contributed by atoms with E-state index >= 15 is 0 Å². The molecule has 4 amide bonds. The van der Waals surface area contributed by atoms with Gasteiger partial charge in [0.05, 0.1) is 13.1 Å². The summed E-state index contributed by atoms with van der Waals surface area (Å²) in [5.74, 6) is -0.761. The largest absolute Gasteiger partial charge is 0.353 e. The first-order valence-electron chi connectivity index (χ1n) is 4.33. The van der Waals surface area contributed by atoms with E-state index in [0.717, 1.165) is 0 Å². The number of nitrogens with one attached hydrogen (secondary N) is 3. The van der Waals surface area contributed by atoms with Gasteiger partial charge in [0.25, 0.3) is 0 Å². The van der Waals surface area contributed by atoms with Gasteiger partial charge < -0.3 is 27.4 Å². The third-order valence-corrected chi connectivity index (χ3v) is 1.38. The normalized spacial score (nSPS) is 9.13. The van der Waals surface area contributed by atoms with Crippen LogP contribution in [-0.2, 0) is 9.59 Å². The van der Waals surface area contributed by atoms with Gasteiger partial charge in [-0.05, 0) is 0 Å². The molecule has 0 saturated carbocycles. The van der Waals surface area contributed by atoms with Crippen LogP contribution in [0.4, 0.5) is 4.79 Å². The average molecular weight is 217 g/mol. The fourth-order valence-electron chi connectivity index (χ4n) is 0.701. The summed E-state index contributed by atoms with van der Waals surface area (Å²) in [4.78, 5) is 31.9. The van der Waals surface area contributed by atoms with E-state index in [2.05, 4.69) is 16.0 Å². The van der Waals surface area contributed by atoms with Crippen molar-refractivity contribution < 1.29 is 14.4 Å². The van der Waals surface area contributed by atoms with Crippen molar-refractivity contribution in [3.05, 3.63) is 0 Å². The lowest BCUT2D eigenvalue weighted by molar-refractivity contribution is -0.125. The molecule has 0 atom stereocenters. The zero-order chi connectivity index (χ0) is 11.7. The van der Waals surface area contributed by atoms with E-state index in [-0.39, 0.29) is 32.1 Å². The van der Waals surface area contributed by atoms with Crippen LogP contribution >= 0.6 is 0 Å². The average Bonchev–Trinajstić information content (AvgIpc) is 2.20. The van der Waals surface area contributed by atoms with E-state index in [1.54, 1.807) is 0 Å². The van der Waals surface area contributed by atoms with Crippen LogP contribution < -0.4 is 27.4 Å². The van der Waals surface area contributed by atoms with Crippen molar-refractivity contribution in [2.75, 3.05) is 26.2 Å². The van der Waals surface area contributed by atoms with E-state index in [9.17, 15) is 14.4 Å². The van der Waals surface area contributed by atoms with Crippen LogP contribution in [0.1, 0.15) is 0 Å². The molecule has 0 aromatic carbocycles.